The molecule has 0 spiro atoms. The highest BCUT2D eigenvalue weighted by molar-refractivity contribution is 5.56. The van der Waals surface area contributed by atoms with E-state index in [9.17, 15) is 0 Å². The van der Waals surface area contributed by atoms with E-state index in [1.807, 2.05) is 20.9 Å². The Morgan fingerprint density at radius 2 is 1.94 bits per heavy atom. The summed E-state index contributed by atoms with van der Waals surface area (Å²) in [5.74, 6) is 2.20. The monoisotopic (exact) mass is 252 g/mol. The number of rotatable bonds is 7. The van der Waals surface area contributed by atoms with Crippen LogP contribution in [0.1, 0.15) is 26.3 Å². The molecule has 0 bridgehead atoms. The third-order valence-electron chi connectivity index (χ3n) is 2.95. The number of hydrogen-bond donors (Lipinski definition) is 2. The quantitative estimate of drug-likeness (QED) is 0.779. The second kappa shape index (κ2) is 7.16. The van der Waals surface area contributed by atoms with Crippen LogP contribution in [0.15, 0.2) is 6.33 Å². The molecular formula is C13H24N4O. The molecule has 2 N–H and O–H groups in total. The lowest BCUT2D eigenvalue weighted by atomic mass is 10.1. The molecule has 1 unspecified atom stereocenters. The van der Waals surface area contributed by atoms with Crippen LogP contribution in [-0.2, 0) is 4.74 Å². The lowest BCUT2D eigenvalue weighted by Crippen LogP contribution is -2.31. The molecule has 5 nitrogen and oxygen atoms in total. The van der Waals surface area contributed by atoms with Gasteiger partial charge in [0.2, 0.25) is 0 Å². The largest absolute Gasteiger partial charge is 0.380 e. The number of anilines is 2. The minimum atomic E-state index is 0.253. The van der Waals surface area contributed by atoms with Crippen LogP contribution in [0.5, 0.6) is 0 Å². The average Bonchev–Trinajstić information content (AvgIpc) is 2.36. The third-order valence-corrected chi connectivity index (χ3v) is 2.95. The zero-order chi connectivity index (χ0) is 13.5. The number of nitrogens with zero attached hydrogens (tertiary/aromatic N) is 2. The lowest BCUT2D eigenvalue weighted by molar-refractivity contribution is 0.126. The molecule has 1 atom stereocenters. The minimum Gasteiger partial charge on any atom is -0.380 e. The number of aromatic nitrogens is 2. The maximum atomic E-state index is 5.50. The van der Waals surface area contributed by atoms with Crippen LogP contribution in [0.4, 0.5) is 11.6 Å². The van der Waals surface area contributed by atoms with Crippen molar-refractivity contribution < 1.29 is 4.74 Å². The van der Waals surface area contributed by atoms with E-state index in [-0.39, 0.29) is 6.04 Å². The van der Waals surface area contributed by atoms with Crippen LogP contribution < -0.4 is 10.6 Å². The highest BCUT2D eigenvalue weighted by Gasteiger charge is 2.16. The van der Waals surface area contributed by atoms with Crippen molar-refractivity contribution >= 4 is 11.6 Å². The van der Waals surface area contributed by atoms with Crippen LogP contribution in [0.3, 0.4) is 0 Å². The van der Waals surface area contributed by atoms with Crippen LogP contribution in [0, 0.1) is 12.8 Å². The van der Waals surface area contributed by atoms with E-state index >= 15 is 0 Å². The molecule has 1 aromatic heterocycles. The molecule has 0 aromatic carbocycles. The molecule has 0 amide bonds. The molecule has 0 aliphatic carbocycles. The van der Waals surface area contributed by atoms with Gasteiger partial charge in [-0.2, -0.15) is 0 Å². The summed E-state index contributed by atoms with van der Waals surface area (Å²) in [5, 5.41) is 6.50. The fourth-order valence-electron chi connectivity index (χ4n) is 1.67. The van der Waals surface area contributed by atoms with Gasteiger partial charge in [-0.3, -0.25) is 0 Å². The fourth-order valence-corrected chi connectivity index (χ4v) is 1.67. The smallest absolute Gasteiger partial charge is 0.134 e. The molecule has 1 rings (SSSR count). The zero-order valence-corrected chi connectivity index (χ0v) is 11.9. The first-order chi connectivity index (χ1) is 8.60. The first kappa shape index (κ1) is 14.7. The molecule has 1 heterocycles. The molecule has 0 radical (unpaired) electrons. The Bertz CT molecular complexity index is 368. The van der Waals surface area contributed by atoms with Gasteiger partial charge >= 0.3 is 0 Å². The Morgan fingerprint density at radius 3 is 2.50 bits per heavy atom. The number of hydrogen-bond acceptors (Lipinski definition) is 5. The fraction of sp³-hybridized carbons (Fsp3) is 0.692. The molecule has 0 fully saturated rings. The van der Waals surface area contributed by atoms with Gasteiger partial charge in [-0.05, 0) is 19.8 Å². The SMILES string of the molecule is CCOCC(Nc1ncnc(NC)c1C)C(C)C. The third kappa shape index (κ3) is 3.84. The molecule has 5 heteroatoms. The van der Waals surface area contributed by atoms with Crippen LogP contribution in [-0.4, -0.2) is 36.3 Å². The van der Waals surface area contributed by atoms with Crippen molar-refractivity contribution in [1.29, 1.82) is 0 Å². The second-order valence-corrected chi connectivity index (χ2v) is 4.60. The first-order valence-electron chi connectivity index (χ1n) is 6.43. The van der Waals surface area contributed by atoms with E-state index in [2.05, 4.69) is 34.4 Å². The van der Waals surface area contributed by atoms with Crippen molar-refractivity contribution in [2.45, 2.75) is 33.7 Å². The molecule has 102 valence electrons. The maximum absolute atomic E-state index is 5.50. The Morgan fingerprint density at radius 1 is 1.28 bits per heavy atom. The van der Waals surface area contributed by atoms with E-state index in [4.69, 9.17) is 4.74 Å². The first-order valence-corrected chi connectivity index (χ1v) is 6.43. The molecule has 1 aromatic rings. The maximum Gasteiger partial charge on any atom is 0.134 e. The van der Waals surface area contributed by atoms with Gasteiger partial charge in [0.1, 0.15) is 18.0 Å². The summed E-state index contributed by atoms with van der Waals surface area (Å²) in [6, 6.07) is 0.253. The summed E-state index contributed by atoms with van der Waals surface area (Å²) in [4.78, 5) is 8.48. The van der Waals surface area contributed by atoms with Gasteiger partial charge in [-0.15, -0.1) is 0 Å². The van der Waals surface area contributed by atoms with E-state index < -0.39 is 0 Å². The summed E-state index contributed by atoms with van der Waals surface area (Å²) in [6.45, 7) is 9.78. The van der Waals surface area contributed by atoms with Crippen molar-refractivity contribution in [1.82, 2.24) is 9.97 Å². The van der Waals surface area contributed by atoms with Crippen LogP contribution >= 0.6 is 0 Å². The van der Waals surface area contributed by atoms with Crippen molar-refractivity contribution in [2.75, 3.05) is 30.9 Å². The molecule has 0 saturated heterocycles. The number of nitrogens with one attached hydrogen (secondary N) is 2. The second-order valence-electron chi connectivity index (χ2n) is 4.60. The Kier molecular flexibility index (Phi) is 5.85. The molecule has 0 aliphatic heterocycles. The standard InChI is InChI=1S/C13H24N4O/c1-6-18-7-11(9(2)3)17-13-10(4)12(14-5)15-8-16-13/h8-9,11H,6-7H2,1-5H3,(H2,14,15,16,17). The van der Waals surface area contributed by atoms with Crippen LogP contribution in [0.25, 0.3) is 0 Å². The van der Waals surface area contributed by atoms with Gasteiger partial charge < -0.3 is 15.4 Å². The lowest BCUT2D eigenvalue weighted by Gasteiger charge is -2.23. The van der Waals surface area contributed by atoms with E-state index in [1.54, 1.807) is 6.33 Å². The predicted octanol–water partition coefficient (Wildman–Crippen LogP) is 2.30. The summed E-state index contributed by atoms with van der Waals surface area (Å²) < 4.78 is 5.50. The summed E-state index contributed by atoms with van der Waals surface area (Å²) >= 11 is 0. The Balaban J connectivity index is 2.80. The van der Waals surface area contributed by atoms with Gasteiger partial charge in [0.05, 0.1) is 12.6 Å². The van der Waals surface area contributed by atoms with Crippen molar-refractivity contribution in [3.05, 3.63) is 11.9 Å². The van der Waals surface area contributed by atoms with Gasteiger partial charge in [0.15, 0.2) is 0 Å². The number of ether oxygens (including phenoxy) is 1. The summed E-state index contributed by atoms with van der Waals surface area (Å²) in [5.41, 5.74) is 1.03. The Labute approximate surface area is 109 Å². The van der Waals surface area contributed by atoms with Crippen molar-refractivity contribution in [2.24, 2.45) is 5.92 Å². The Hall–Kier alpha value is -1.36. The molecule has 0 aliphatic rings. The molecule has 18 heavy (non-hydrogen) atoms. The molecular weight excluding hydrogens is 228 g/mol. The predicted molar refractivity (Wildman–Crippen MR) is 75.1 cm³/mol. The average molecular weight is 252 g/mol. The van der Waals surface area contributed by atoms with Crippen molar-refractivity contribution in [3.8, 4) is 0 Å². The van der Waals surface area contributed by atoms with E-state index in [0.29, 0.717) is 12.5 Å². The van der Waals surface area contributed by atoms with Crippen molar-refractivity contribution in [3.63, 3.8) is 0 Å². The highest BCUT2D eigenvalue weighted by Crippen LogP contribution is 2.20. The molecule has 0 saturated carbocycles. The zero-order valence-electron chi connectivity index (χ0n) is 11.9. The minimum absolute atomic E-state index is 0.253. The van der Waals surface area contributed by atoms with E-state index in [1.165, 1.54) is 0 Å². The topological polar surface area (TPSA) is 59.1 Å². The van der Waals surface area contributed by atoms with Gasteiger partial charge in [0, 0.05) is 19.2 Å². The normalized spacial score (nSPS) is 12.6. The van der Waals surface area contributed by atoms with E-state index in [0.717, 1.165) is 23.8 Å². The van der Waals surface area contributed by atoms with Gasteiger partial charge in [-0.25, -0.2) is 9.97 Å². The summed E-state index contributed by atoms with van der Waals surface area (Å²) in [7, 11) is 1.86. The summed E-state index contributed by atoms with van der Waals surface area (Å²) in [6.07, 6.45) is 1.57. The highest BCUT2D eigenvalue weighted by atomic mass is 16.5. The van der Waals surface area contributed by atoms with Gasteiger partial charge in [0.25, 0.3) is 0 Å². The van der Waals surface area contributed by atoms with Crippen LogP contribution in [0.2, 0.25) is 0 Å². The van der Waals surface area contributed by atoms with Gasteiger partial charge in [-0.1, -0.05) is 13.8 Å².